The van der Waals surface area contributed by atoms with Gasteiger partial charge in [-0.05, 0) is 13.0 Å². The van der Waals surface area contributed by atoms with Gasteiger partial charge in [0.1, 0.15) is 5.82 Å². The molecule has 0 aliphatic rings. The summed E-state index contributed by atoms with van der Waals surface area (Å²) in [5.74, 6) is 0.368. The molecule has 2 amide bonds. The number of anilines is 1. The number of aryl methyl sites for hydroxylation is 1. The molecule has 0 aliphatic carbocycles. The molecular formula is C12H16N6O2. The highest BCUT2D eigenvalue weighted by molar-refractivity contribution is 5.88. The van der Waals surface area contributed by atoms with Crippen molar-refractivity contribution in [3.8, 4) is 6.01 Å². The molecule has 0 aromatic carbocycles. The number of hydrogen-bond donors (Lipinski definition) is 2. The number of methoxy groups -OCH3 is 1. The minimum Gasteiger partial charge on any atom is -0.467 e. The van der Waals surface area contributed by atoms with Crippen LogP contribution in [0.3, 0.4) is 0 Å². The molecule has 106 valence electrons. The standard InChI is InChI=1S/C12H16N6O2/c1-8(9-6-14-18(2)7-9)15-11(19)16-10-4-5-13-12(17-10)20-3/h4-8H,1-3H3,(H2,13,15,16,17,19). The first-order valence-corrected chi connectivity index (χ1v) is 6.01. The lowest BCUT2D eigenvalue weighted by Crippen LogP contribution is -2.31. The smallest absolute Gasteiger partial charge is 0.320 e. The second-order valence-electron chi connectivity index (χ2n) is 4.20. The number of nitrogens with one attached hydrogen (secondary N) is 2. The molecule has 0 bridgehead atoms. The Balaban J connectivity index is 1.95. The third-order valence-electron chi connectivity index (χ3n) is 2.63. The zero-order valence-electron chi connectivity index (χ0n) is 11.5. The lowest BCUT2D eigenvalue weighted by Gasteiger charge is -2.12. The van der Waals surface area contributed by atoms with Crippen molar-refractivity contribution in [3.05, 3.63) is 30.2 Å². The first-order valence-electron chi connectivity index (χ1n) is 6.01. The topological polar surface area (TPSA) is 94.0 Å². The highest BCUT2D eigenvalue weighted by Gasteiger charge is 2.11. The number of nitrogens with zero attached hydrogens (tertiary/aromatic N) is 4. The molecule has 0 fully saturated rings. The van der Waals surface area contributed by atoms with Crippen molar-refractivity contribution in [2.75, 3.05) is 12.4 Å². The van der Waals surface area contributed by atoms with Gasteiger partial charge in [-0.15, -0.1) is 0 Å². The summed E-state index contributed by atoms with van der Waals surface area (Å²) in [4.78, 5) is 19.7. The van der Waals surface area contributed by atoms with E-state index in [-0.39, 0.29) is 18.1 Å². The van der Waals surface area contributed by atoms with E-state index >= 15 is 0 Å². The number of rotatable bonds is 4. The molecule has 2 N–H and O–H groups in total. The quantitative estimate of drug-likeness (QED) is 0.872. The molecule has 0 saturated heterocycles. The van der Waals surface area contributed by atoms with Gasteiger partial charge < -0.3 is 10.1 Å². The molecule has 0 aliphatic heterocycles. The second kappa shape index (κ2) is 6.00. The molecule has 2 aromatic heterocycles. The van der Waals surface area contributed by atoms with E-state index < -0.39 is 0 Å². The van der Waals surface area contributed by atoms with Crippen molar-refractivity contribution in [1.29, 1.82) is 0 Å². The van der Waals surface area contributed by atoms with Crippen LogP contribution in [-0.2, 0) is 7.05 Å². The Bertz CT molecular complexity index is 597. The minimum absolute atomic E-state index is 0.160. The van der Waals surface area contributed by atoms with E-state index in [1.54, 1.807) is 16.9 Å². The zero-order valence-corrected chi connectivity index (χ0v) is 11.5. The van der Waals surface area contributed by atoms with Gasteiger partial charge >= 0.3 is 12.0 Å². The monoisotopic (exact) mass is 276 g/mol. The van der Waals surface area contributed by atoms with Gasteiger partial charge in [0.25, 0.3) is 0 Å². The maximum Gasteiger partial charge on any atom is 0.320 e. The molecule has 2 heterocycles. The van der Waals surface area contributed by atoms with E-state index in [1.165, 1.54) is 13.3 Å². The fraction of sp³-hybridized carbons (Fsp3) is 0.333. The van der Waals surface area contributed by atoms with E-state index in [0.717, 1.165) is 5.56 Å². The summed E-state index contributed by atoms with van der Waals surface area (Å²) < 4.78 is 6.57. The van der Waals surface area contributed by atoms with E-state index in [1.807, 2.05) is 20.2 Å². The van der Waals surface area contributed by atoms with Crippen molar-refractivity contribution in [1.82, 2.24) is 25.1 Å². The molecule has 1 atom stereocenters. The number of urea groups is 1. The second-order valence-corrected chi connectivity index (χ2v) is 4.20. The molecule has 0 spiro atoms. The molecule has 8 nitrogen and oxygen atoms in total. The van der Waals surface area contributed by atoms with Crippen LogP contribution in [0.2, 0.25) is 0 Å². The van der Waals surface area contributed by atoms with Crippen molar-refractivity contribution in [3.63, 3.8) is 0 Å². The van der Waals surface area contributed by atoms with Gasteiger partial charge in [0, 0.05) is 25.0 Å². The Morgan fingerprint density at radius 1 is 1.50 bits per heavy atom. The summed E-state index contributed by atoms with van der Waals surface area (Å²) in [7, 11) is 3.28. The number of carbonyl (C=O) groups excluding carboxylic acids is 1. The lowest BCUT2D eigenvalue weighted by molar-refractivity contribution is 0.249. The lowest BCUT2D eigenvalue weighted by atomic mass is 10.2. The average molecular weight is 276 g/mol. The van der Waals surface area contributed by atoms with Gasteiger partial charge in [0.15, 0.2) is 0 Å². The molecule has 1 unspecified atom stereocenters. The van der Waals surface area contributed by atoms with E-state index in [0.29, 0.717) is 5.82 Å². The maximum absolute atomic E-state index is 11.9. The number of carbonyl (C=O) groups is 1. The predicted octanol–water partition coefficient (Wildman–Crippen LogP) is 1.10. The predicted molar refractivity (Wildman–Crippen MR) is 72.4 cm³/mol. The number of aromatic nitrogens is 4. The molecule has 20 heavy (non-hydrogen) atoms. The summed E-state index contributed by atoms with van der Waals surface area (Å²) in [6.45, 7) is 1.87. The molecule has 2 aromatic rings. The Labute approximate surface area is 116 Å². The summed E-state index contributed by atoms with van der Waals surface area (Å²) in [6.07, 6.45) is 5.06. The Kier molecular flexibility index (Phi) is 4.14. The highest BCUT2D eigenvalue weighted by atomic mass is 16.5. The molecule has 8 heteroatoms. The summed E-state index contributed by atoms with van der Waals surface area (Å²) in [5.41, 5.74) is 0.919. The summed E-state index contributed by atoms with van der Waals surface area (Å²) in [5, 5.41) is 9.47. The van der Waals surface area contributed by atoms with Crippen molar-refractivity contribution in [2.45, 2.75) is 13.0 Å². The number of amides is 2. The van der Waals surface area contributed by atoms with E-state index in [4.69, 9.17) is 4.74 Å². The van der Waals surface area contributed by atoms with Gasteiger partial charge in [-0.3, -0.25) is 10.00 Å². The molecule has 0 saturated carbocycles. The fourth-order valence-electron chi connectivity index (χ4n) is 1.60. The number of ether oxygens (including phenoxy) is 1. The van der Waals surface area contributed by atoms with Gasteiger partial charge in [-0.25, -0.2) is 9.78 Å². The van der Waals surface area contributed by atoms with Gasteiger partial charge in [-0.2, -0.15) is 10.1 Å². The Hall–Kier alpha value is -2.64. The third kappa shape index (κ3) is 3.44. The van der Waals surface area contributed by atoms with Gasteiger partial charge in [0.05, 0.1) is 19.3 Å². The average Bonchev–Trinajstić information content (AvgIpc) is 2.85. The van der Waals surface area contributed by atoms with E-state index in [2.05, 4.69) is 25.7 Å². The van der Waals surface area contributed by atoms with Crippen LogP contribution in [0, 0.1) is 0 Å². The van der Waals surface area contributed by atoms with Crippen LogP contribution in [0.5, 0.6) is 6.01 Å². The minimum atomic E-state index is -0.359. The fourth-order valence-corrected chi connectivity index (χ4v) is 1.60. The van der Waals surface area contributed by atoms with E-state index in [9.17, 15) is 4.79 Å². The first kappa shape index (κ1) is 13.8. The normalized spacial score (nSPS) is 11.8. The Morgan fingerprint density at radius 3 is 2.95 bits per heavy atom. The van der Waals surface area contributed by atoms with Crippen LogP contribution < -0.4 is 15.4 Å². The molecule has 0 radical (unpaired) electrons. The van der Waals surface area contributed by atoms with Gasteiger partial charge in [0.2, 0.25) is 0 Å². The van der Waals surface area contributed by atoms with Crippen LogP contribution in [0.1, 0.15) is 18.5 Å². The molecule has 2 rings (SSSR count). The third-order valence-corrected chi connectivity index (χ3v) is 2.63. The molecular weight excluding hydrogens is 260 g/mol. The van der Waals surface area contributed by atoms with Crippen LogP contribution >= 0.6 is 0 Å². The zero-order chi connectivity index (χ0) is 14.5. The van der Waals surface area contributed by atoms with Crippen LogP contribution in [0.4, 0.5) is 10.6 Å². The van der Waals surface area contributed by atoms with Crippen LogP contribution in [0.15, 0.2) is 24.7 Å². The van der Waals surface area contributed by atoms with Crippen LogP contribution in [0.25, 0.3) is 0 Å². The maximum atomic E-state index is 11.9. The SMILES string of the molecule is COc1nccc(NC(=O)NC(C)c2cnn(C)c2)n1. The van der Waals surface area contributed by atoms with Crippen molar-refractivity contribution in [2.24, 2.45) is 7.05 Å². The van der Waals surface area contributed by atoms with Gasteiger partial charge in [-0.1, -0.05) is 0 Å². The summed E-state index contributed by atoms with van der Waals surface area (Å²) in [6, 6.07) is 1.26. The number of hydrogen-bond acceptors (Lipinski definition) is 5. The van der Waals surface area contributed by atoms with Crippen molar-refractivity contribution >= 4 is 11.8 Å². The van der Waals surface area contributed by atoms with Crippen LogP contribution in [-0.4, -0.2) is 32.9 Å². The Morgan fingerprint density at radius 2 is 2.30 bits per heavy atom. The van der Waals surface area contributed by atoms with Crippen molar-refractivity contribution < 1.29 is 9.53 Å². The largest absolute Gasteiger partial charge is 0.467 e. The summed E-state index contributed by atoms with van der Waals surface area (Å²) >= 11 is 0. The highest BCUT2D eigenvalue weighted by Crippen LogP contribution is 2.11. The first-order chi connectivity index (χ1) is 9.58.